The maximum atomic E-state index is 12.9. The van der Waals surface area contributed by atoms with Crippen LogP contribution in [0.3, 0.4) is 0 Å². The highest BCUT2D eigenvalue weighted by Gasteiger charge is 2.09. The predicted molar refractivity (Wildman–Crippen MR) is 95.9 cm³/mol. The quantitative estimate of drug-likeness (QED) is 0.716. The van der Waals surface area contributed by atoms with Gasteiger partial charge in [-0.3, -0.25) is 4.79 Å². The first-order valence-corrected chi connectivity index (χ1v) is 8.01. The minimum atomic E-state index is -0.336. The molecule has 126 valence electrons. The highest BCUT2D eigenvalue weighted by Crippen LogP contribution is 2.20. The first-order valence-electron chi connectivity index (χ1n) is 8.01. The van der Waals surface area contributed by atoms with Gasteiger partial charge in [0.2, 0.25) is 5.91 Å². The van der Waals surface area contributed by atoms with Crippen LogP contribution in [0.25, 0.3) is 0 Å². The number of para-hydroxylation sites is 1. The summed E-state index contributed by atoms with van der Waals surface area (Å²) < 4.78 is 18.8. The minimum absolute atomic E-state index is 0.178. The van der Waals surface area contributed by atoms with Crippen molar-refractivity contribution in [1.82, 2.24) is 0 Å². The molecule has 25 heavy (non-hydrogen) atoms. The van der Waals surface area contributed by atoms with E-state index in [2.05, 4.69) is 5.32 Å². The number of halogens is 1. The lowest BCUT2D eigenvalue weighted by atomic mass is 10.1. The second-order valence-corrected chi connectivity index (χ2v) is 5.61. The lowest BCUT2D eigenvalue weighted by Crippen LogP contribution is -2.15. The second kappa shape index (κ2) is 8.11. The average molecular weight is 335 g/mol. The number of hydrogen-bond donors (Lipinski definition) is 1. The molecule has 0 unspecified atom stereocenters. The standard InChI is InChI=1S/C21H18FNO2/c22-18-10-12-19(13-11-18)23-21(24)14-17-8-4-5-9-20(17)25-15-16-6-2-1-3-7-16/h1-13H,14-15H2,(H,23,24). The van der Waals surface area contributed by atoms with Crippen LogP contribution in [0.1, 0.15) is 11.1 Å². The SMILES string of the molecule is O=C(Cc1ccccc1OCc1ccccc1)Nc1ccc(F)cc1. The summed E-state index contributed by atoms with van der Waals surface area (Å²) in [5, 5.41) is 2.76. The molecule has 0 aliphatic rings. The zero-order valence-electron chi connectivity index (χ0n) is 13.6. The van der Waals surface area contributed by atoms with E-state index in [9.17, 15) is 9.18 Å². The molecule has 0 atom stereocenters. The molecule has 1 amide bonds. The van der Waals surface area contributed by atoms with E-state index in [0.717, 1.165) is 11.1 Å². The van der Waals surface area contributed by atoms with Crippen LogP contribution >= 0.6 is 0 Å². The molecule has 0 saturated heterocycles. The largest absolute Gasteiger partial charge is 0.489 e. The monoisotopic (exact) mass is 335 g/mol. The van der Waals surface area contributed by atoms with Gasteiger partial charge >= 0.3 is 0 Å². The van der Waals surface area contributed by atoms with E-state index < -0.39 is 0 Å². The van der Waals surface area contributed by atoms with Crippen molar-refractivity contribution >= 4 is 11.6 Å². The lowest BCUT2D eigenvalue weighted by molar-refractivity contribution is -0.115. The lowest BCUT2D eigenvalue weighted by Gasteiger charge is -2.12. The number of rotatable bonds is 6. The Labute approximate surface area is 146 Å². The molecule has 0 fully saturated rings. The van der Waals surface area contributed by atoms with Gasteiger partial charge in [0.15, 0.2) is 0 Å². The van der Waals surface area contributed by atoms with Crippen LogP contribution in [-0.2, 0) is 17.8 Å². The fourth-order valence-corrected chi connectivity index (χ4v) is 2.44. The summed E-state index contributed by atoms with van der Waals surface area (Å²) in [6.07, 6.45) is 0.183. The maximum Gasteiger partial charge on any atom is 0.228 e. The number of hydrogen-bond acceptors (Lipinski definition) is 2. The van der Waals surface area contributed by atoms with Crippen molar-refractivity contribution in [2.24, 2.45) is 0 Å². The number of anilines is 1. The van der Waals surface area contributed by atoms with Crippen molar-refractivity contribution in [1.29, 1.82) is 0 Å². The summed E-state index contributed by atoms with van der Waals surface area (Å²) in [5.74, 6) is 0.167. The third kappa shape index (κ3) is 4.91. The third-order valence-electron chi connectivity index (χ3n) is 3.69. The van der Waals surface area contributed by atoms with Crippen molar-refractivity contribution in [2.45, 2.75) is 13.0 Å². The molecular weight excluding hydrogens is 317 g/mol. The van der Waals surface area contributed by atoms with Gasteiger partial charge in [-0.05, 0) is 35.9 Å². The summed E-state index contributed by atoms with van der Waals surface area (Å²) in [6.45, 7) is 0.442. The Bertz CT molecular complexity index is 832. The summed E-state index contributed by atoms with van der Waals surface area (Å²) in [4.78, 5) is 12.2. The molecule has 0 heterocycles. The predicted octanol–water partition coefficient (Wildman–Crippen LogP) is 4.59. The Kier molecular flexibility index (Phi) is 5.42. The van der Waals surface area contributed by atoms with Crippen LogP contribution in [0.4, 0.5) is 10.1 Å². The van der Waals surface area contributed by atoms with Gasteiger partial charge < -0.3 is 10.1 Å². The minimum Gasteiger partial charge on any atom is -0.489 e. The number of amides is 1. The molecule has 0 radical (unpaired) electrons. The van der Waals surface area contributed by atoms with Crippen molar-refractivity contribution in [3.05, 3.63) is 95.8 Å². The molecule has 0 bridgehead atoms. The molecule has 0 spiro atoms. The van der Waals surface area contributed by atoms with Gasteiger partial charge in [-0.1, -0.05) is 48.5 Å². The van der Waals surface area contributed by atoms with E-state index in [4.69, 9.17) is 4.74 Å². The van der Waals surface area contributed by atoms with Crippen LogP contribution < -0.4 is 10.1 Å². The van der Waals surface area contributed by atoms with Gasteiger partial charge in [-0.2, -0.15) is 0 Å². The maximum absolute atomic E-state index is 12.9. The van der Waals surface area contributed by atoms with Gasteiger partial charge in [-0.15, -0.1) is 0 Å². The van der Waals surface area contributed by atoms with E-state index >= 15 is 0 Å². The molecule has 3 nitrogen and oxygen atoms in total. The number of benzene rings is 3. The highest BCUT2D eigenvalue weighted by molar-refractivity contribution is 5.92. The van der Waals surface area contributed by atoms with Crippen molar-refractivity contribution in [2.75, 3.05) is 5.32 Å². The number of ether oxygens (including phenoxy) is 1. The molecule has 0 aliphatic carbocycles. The van der Waals surface area contributed by atoms with Crippen LogP contribution in [0.15, 0.2) is 78.9 Å². The van der Waals surface area contributed by atoms with Crippen molar-refractivity contribution in [3.8, 4) is 5.75 Å². The number of carbonyl (C=O) groups excluding carboxylic acids is 1. The van der Waals surface area contributed by atoms with E-state index in [1.165, 1.54) is 24.3 Å². The molecule has 0 aliphatic heterocycles. The molecule has 0 aromatic heterocycles. The molecular formula is C21H18FNO2. The number of nitrogens with one attached hydrogen (secondary N) is 1. The Morgan fingerprint density at radius 3 is 2.32 bits per heavy atom. The van der Waals surface area contributed by atoms with Crippen LogP contribution in [0, 0.1) is 5.82 Å². The molecule has 3 aromatic carbocycles. The zero-order chi connectivity index (χ0) is 17.5. The number of carbonyl (C=O) groups is 1. The Balaban J connectivity index is 1.63. The Morgan fingerprint density at radius 2 is 1.56 bits per heavy atom. The van der Waals surface area contributed by atoms with Gasteiger partial charge in [0.25, 0.3) is 0 Å². The second-order valence-electron chi connectivity index (χ2n) is 5.61. The molecule has 0 saturated carbocycles. The average Bonchev–Trinajstić information content (AvgIpc) is 2.64. The van der Waals surface area contributed by atoms with Gasteiger partial charge in [0.05, 0.1) is 6.42 Å². The van der Waals surface area contributed by atoms with E-state index in [1.807, 2.05) is 54.6 Å². The first kappa shape index (κ1) is 16.7. The molecule has 3 aromatic rings. The van der Waals surface area contributed by atoms with E-state index in [0.29, 0.717) is 18.0 Å². The fourth-order valence-electron chi connectivity index (χ4n) is 2.44. The van der Waals surface area contributed by atoms with E-state index in [-0.39, 0.29) is 18.1 Å². The van der Waals surface area contributed by atoms with Gasteiger partial charge in [0.1, 0.15) is 18.2 Å². The Hall–Kier alpha value is -3.14. The Morgan fingerprint density at radius 1 is 0.880 bits per heavy atom. The van der Waals surface area contributed by atoms with Gasteiger partial charge in [0, 0.05) is 11.3 Å². The first-order chi connectivity index (χ1) is 12.2. The summed E-state index contributed by atoms with van der Waals surface area (Å²) in [7, 11) is 0. The van der Waals surface area contributed by atoms with Crippen LogP contribution in [0.5, 0.6) is 5.75 Å². The smallest absolute Gasteiger partial charge is 0.228 e. The third-order valence-corrected chi connectivity index (χ3v) is 3.69. The topological polar surface area (TPSA) is 38.3 Å². The highest BCUT2D eigenvalue weighted by atomic mass is 19.1. The summed E-state index contributed by atoms with van der Waals surface area (Å²) in [6, 6.07) is 23.0. The molecule has 3 rings (SSSR count). The van der Waals surface area contributed by atoms with Crippen LogP contribution in [0.2, 0.25) is 0 Å². The van der Waals surface area contributed by atoms with Gasteiger partial charge in [-0.25, -0.2) is 4.39 Å². The molecule has 1 N–H and O–H groups in total. The summed E-state index contributed by atoms with van der Waals surface area (Å²) >= 11 is 0. The fraction of sp³-hybridized carbons (Fsp3) is 0.0952. The van der Waals surface area contributed by atoms with Crippen LogP contribution in [-0.4, -0.2) is 5.91 Å². The zero-order valence-corrected chi connectivity index (χ0v) is 13.6. The normalized spacial score (nSPS) is 10.3. The van der Waals surface area contributed by atoms with Crippen molar-refractivity contribution < 1.29 is 13.9 Å². The molecule has 4 heteroatoms. The van der Waals surface area contributed by atoms with Crippen molar-refractivity contribution in [3.63, 3.8) is 0 Å². The van der Waals surface area contributed by atoms with E-state index in [1.54, 1.807) is 0 Å². The summed E-state index contributed by atoms with van der Waals surface area (Å²) in [5.41, 5.74) is 2.43.